The van der Waals surface area contributed by atoms with Gasteiger partial charge >= 0.3 is 6.18 Å². The number of hydrogen-bond acceptors (Lipinski definition) is 2. The van der Waals surface area contributed by atoms with Crippen molar-refractivity contribution in [2.24, 2.45) is 5.73 Å². The zero-order chi connectivity index (χ0) is 13.8. The van der Waals surface area contributed by atoms with Crippen molar-refractivity contribution in [3.8, 4) is 0 Å². The maximum absolute atomic E-state index is 12.9. The molecule has 0 aliphatic heterocycles. The van der Waals surface area contributed by atoms with Crippen molar-refractivity contribution >= 4 is 11.8 Å². The molecule has 0 saturated carbocycles. The first-order valence-corrected chi connectivity index (χ1v) is 6.95. The van der Waals surface area contributed by atoms with Gasteiger partial charge in [-0.05, 0) is 36.3 Å². The lowest BCUT2D eigenvalue weighted by molar-refractivity contribution is -0.139. The molecule has 0 aliphatic carbocycles. The Balaban J connectivity index is 3.05. The molecule has 1 nitrogen and oxygen atoms in total. The molecule has 1 aromatic carbocycles. The fourth-order valence-electron chi connectivity index (χ4n) is 1.65. The predicted octanol–water partition coefficient (Wildman–Crippen LogP) is 4.10. The number of thioether (sulfide) groups is 1. The highest BCUT2D eigenvalue weighted by molar-refractivity contribution is 7.99. The van der Waals surface area contributed by atoms with Gasteiger partial charge < -0.3 is 5.73 Å². The molecule has 0 amide bonds. The molecule has 0 fully saturated rings. The number of benzene rings is 1. The topological polar surface area (TPSA) is 26.0 Å². The molecule has 0 aliphatic rings. The largest absolute Gasteiger partial charge is 0.417 e. The summed E-state index contributed by atoms with van der Waals surface area (Å²) < 4.78 is 38.8. The molecule has 0 radical (unpaired) electrons. The van der Waals surface area contributed by atoms with E-state index in [0.717, 1.165) is 6.42 Å². The Hall–Kier alpha value is -0.680. The van der Waals surface area contributed by atoms with Gasteiger partial charge in [0, 0.05) is 10.9 Å². The quantitative estimate of drug-likeness (QED) is 0.820. The van der Waals surface area contributed by atoms with Gasteiger partial charge in [-0.3, -0.25) is 0 Å². The number of nitrogens with two attached hydrogens (primary N) is 1. The lowest BCUT2D eigenvalue weighted by Crippen LogP contribution is -2.21. The first-order valence-electron chi connectivity index (χ1n) is 5.97. The standard InChI is InChI=1S/C13H18F3NS/c1-3-10(17)7-9-5-6-12(18-4-2)11(8-9)13(14,15)16/h5-6,8,10H,3-4,7,17H2,1-2H3. The third-order valence-electron chi connectivity index (χ3n) is 2.67. The lowest BCUT2D eigenvalue weighted by atomic mass is 10.0. The predicted molar refractivity (Wildman–Crippen MR) is 69.8 cm³/mol. The number of rotatable bonds is 5. The van der Waals surface area contributed by atoms with E-state index in [1.807, 2.05) is 13.8 Å². The molecule has 18 heavy (non-hydrogen) atoms. The minimum absolute atomic E-state index is 0.0873. The molecular formula is C13H18F3NS. The molecule has 2 N–H and O–H groups in total. The van der Waals surface area contributed by atoms with E-state index in [4.69, 9.17) is 5.73 Å². The Morgan fingerprint density at radius 2 is 1.94 bits per heavy atom. The molecular weight excluding hydrogens is 259 g/mol. The van der Waals surface area contributed by atoms with Crippen molar-refractivity contribution in [2.45, 2.75) is 43.8 Å². The van der Waals surface area contributed by atoms with E-state index in [2.05, 4.69) is 0 Å². The molecule has 5 heteroatoms. The van der Waals surface area contributed by atoms with Crippen LogP contribution in [-0.4, -0.2) is 11.8 Å². The van der Waals surface area contributed by atoms with Gasteiger partial charge in [-0.1, -0.05) is 19.9 Å². The molecule has 1 atom stereocenters. The highest BCUT2D eigenvalue weighted by Gasteiger charge is 2.33. The first kappa shape index (κ1) is 15.4. The van der Waals surface area contributed by atoms with Crippen LogP contribution in [0.25, 0.3) is 0 Å². The molecule has 0 aromatic heterocycles. The van der Waals surface area contributed by atoms with Crippen LogP contribution in [0.2, 0.25) is 0 Å². The number of hydrogen-bond donors (Lipinski definition) is 1. The van der Waals surface area contributed by atoms with Crippen molar-refractivity contribution in [1.82, 2.24) is 0 Å². The van der Waals surface area contributed by atoms with Gasteiger partial charge in [0.05, 0.1) is 5.56 Å². The van der Waals surface area contributed by atoms with Crippen LogP contribution in [-0.2, 0) is 12.6 Å². The Kier molecular flexibility index (Phi) is 5.53. The lowest BCUT2D eigenvalue weighted by Gasteiger charge is -2.15. The normalized spacial score (nSPS) is 13.7. The summed E-state index contributed by atoms with van der Waals surface area (Å²) in [5.41, 5.74) is 5.88. The zero-order valence-corrected chi connectivity index (χ0v) is 11.4. The van der Waals surface area contributed by atoms with Crippen LogP contribution in [0.3, 0.4) is 0 Å². The second kappa shape index (κ2) is 6.48. The first-order chi connectivity index (χ1) is 8.38. The van der Waals surface area contributed by atoms with E-state index in [0.29, 0.717) is 22.6 Å². The maximum Gasteiger partial charge on any atom is 0.417 e. The monoisotopic (exact) mass is 277 g/mol. The highest BCUT2D eigenvalue weighted by atomic mass is 32.2. The van der Waals surface area contributed by atoms with Crippen LogP contribution < -0.4 is 5.73 Å². The van der Waals surface area contributed by atoms with Crippen LogP contribution in [0.4, 0.5) is 13.2 Å². The van der Waals surface area contributed by atoms with Gasteiger partial charge in [-0.15, -0.1) is 11.8 Å². The zero-order valence-electron chi connectivity index (χ0n) is 10.6. The minimum Gasteiger partial charge on any atom is -0.327 e. The minimum atomic E-state index is -4.30. The average Bonchev–Trinajstić information content (AvgIpc) is 2.30. The smallest absolute Gasteiger partial charge is 0.327 e. The fraction of sp³-hybridized carbons (Fsp3) is 0.538. The van der Waals surface area contributed by atoms with Gasteiger partial charge in [0.2, 0.25) is 0 Å². The summed E-state index contributed by atoms with van der Waals surface area (Å²) in [4.78, 5) is 0.291. The second-order valence-electron chi connectivity index (χ2n) is 4.13. The summed E-state index contributed by atoms with van der Waals surface area (Å²) in [5, 5.41) is 0. The van der Waals surface area contributed by atoms with Crippen LogP contribution in [0, 0.1) is 0 Å². The van der Waals surface area contributed by atoms with Gasteiger partial charge in [0.25, 0.3) is 0 Å². The van der Waals surface area contributed by atoms with E-state index in [9.17, 15) is 13.2 Å². The van der Waals surface area contributed by atoms with Crippen molar-refractivity contribution < 1.29 is 13.2 Å². The summed E-state index contributed by atoms with van der Waals surface area (Å²) in [5.74, 6) is 0.622. The van der Waals surface area contributed by atoms with Crippen LogP contribution >= 0.6 is 11.8 Å². The molecule has 0 saturated heterocycles. The summed E-state index contributed by atoms with van der Waals surface area (Å²) in [6.07, 6.45) is -3.06. The second-order valence-corrected chi connectivity index (χ2v) is 5.44. The Morgan fingerprint density at radius 3 is 2.44 bits per heavy atom. The van der Waals surface area contributed by atoms with Crippen molar-refractivity contribution in [1.29, 1.82) is 0 Å². The average molecular weight is 277 g/mol. The molecule has 0 bridgehead atoms. The number of alkyl halides is 3. The molecule has 0 spiro atoms. The molecule has 1 unspecified atom stereocenters. The molecule has 1 aromatic rings. The van der Waals surface area contributed by atoms with Gasteiger partial charge in [0.15, 0.2) is 0 Å². The molecule has 0 heterocycles. The Labute approximate surface area is 110 Å². The fourth-order valence-corrected chi connectivity index (χ4v) is 2.46. The highest BCUT2D eigenvalue weighted by Crippen LogP contribution is 2.37. The SMILES string of the molecule is CCSc1ccc(CC(N)CC)cc1C(F)(F)F. The van der Waals surface area contributed by atoms with Gasteiger partial charge in [-0.25, -0.2) is 0 Å². The Bertz CT molecular complexity index is 390. The van der Waals surface area contributed by atoms with Crippen LogP contribution in [0.15, 0.2) is 23.1 Å². The summed E-state index contributed by atoms with van der Waals surface area (Å²) >= 11 is 1.21. The molecule has 102 valence electrons. The van der Waals surface area contributed by atoms with Gasteiger partial charge in [0.1, 0.15) is 0 Å². The van der Waals surface area contributed by atoms with Crippen LogP contribution in [0.5, 0.6) is 0 Å². The summed E-state index contributed by atoms with van der Waals surface area (Å²) in [6, 6.07) is 4.43. The van der Waals surface area contributed by atoms with E-state index in [1.54, 1.807) is 12.1 Å². The third-order valence-corrected chi connectivity index (χ3v) is 3.63. The van der Waals surface area contributed by atoms with Crippen LogP contribution in [0.1, 0.15) is 31.4 Å². The van der Waals surface area contributed by atoms with E-state index < -0.39 is 11.7 Å². The van der Waals surface area contributed by atoms with Crippen molar-refractivity contribution in [3.63, 3.8) is 0 Å². The number of halogens is 3. The Morgan fingerprint density at radius 1 is 1.28 bits per heavy atom. The summed E-state index contributed by atoms with van der Waals surface area (Å²) in [6.45, 7) is 3.77. The maximum atomic E-state index is 12.9. The molecule has 1 rings (SSSR count). The van der Waals surface area contributed by atoms with Crippen molar-refractivity contribution in [3.05, 3.63) is 29.3 Å². The van der Waals surface area contributed by atoms with E-state index in [-0.39, 0.29) is 6.04 Å². The van der Waals surface area contributed by atoms with E-state index >= 15 is 0 Å². The van der Waals surface area contributed by atoms with Gasteiger partial charge in [-0.2, -0.15) is 13.2 Å². The third kappa shape index (κ3) is 4.21. The van der Waals surface area contributed by atoms with Crippen molar-refractivity contribution in [2.75, 3.05) is 5.75 Å². The summed E-state index contributed by atoms with van der Waals surface area (Å²) in [7, 11) is 0. The van der Waals surface area contributed by atoms with E-state index in [1.165, 1.54) is 17.8 Å².